The highest BCUT2D eigenvalue weighted by Gasteiger charge is 2.23. The molecule has 5 nitrogen and oxygen atoms in total. The molecule has 2 N–H and O–H groups in total. The monoisotopic (exact) mass is 260 g/mol. The van der Waals surface area contributed by atoms with Crippen molar-refractivity contribution < 1.29 is 14.0 Å². The third-order valence-electron chi connectivity index (χ3n) is 3.13. The van der Waals surface area contributed by atoms with E-state index in [0.717, 1.165) is 29.7 Å². The van der Waals surface area contributed by atoms with Gasteiger partial charge >= 0.3 is 0 Å². The summed E-state index contributed by atoms with van der Waals surface area (Å²) >= 11 is 0. The molecule has 0 saturated heterocycles. The lowest BCUT2D eigenvalue weighted by molar-refractivity contribution is 0.172. The fourth-order valence-corrected chi connectivity index (χ4v) is 2.28. The van der Waals surface area contributed by atoms with Gasteiger partial charge in [-0.25, -0.2) is 0 Å². The van der Waals surface area contributed by atoms with Gasteiger partial charge in [-0.3, -0.25) is 0 Å². The van der Waals surface area contributed by atoms with Gasteiger partial charge in [0, 0.05) is 5.56 Å². The molecule has 1 aliphatic rings. The number of nitrogen functional groups attached to an aromatic ring is 1. The van der Waals surface area contributed by atoms with E-state index in [0.29, 0.717) is 30.5 Å². The van der Waals surface area contributed by atoms with Crippen LogP contribution >= 0.6 is 0 Å². The SMILES string of the molecule is CCCc1c(N)noc1-c1cccc2c1OCCO2. The quantitative estimate of drug-likeness (QED) is 0.918. The summed E-state index contributed by atoms with van der Waals surface area (Å²) < 4.78 is 16.7. The summed E-state index contributed by atoms with van der Waals surface area (Å²) in [6, 6.07) is 5.74. The average molecular weight is 260 g/mol. The molecular formula is C14H16N2O3. The number of fused-ring (bicyclic) bond motifs is 1. The molecule has 0 amide bonds. The number of anilines is 1. The molecule has 19 heavy (non-hydrogen) atoms. The van der Waals surface area contributed by atoms with Gasteiger partial charge in [0.25, 0.3) is 0 Å². The van der Waals surface area contributed by atoms with Crippen molar-refractivity contribution in [2.75, 3.05) is 18.9 Å². The van der Waals surface area contributed by atoms with Gasteiger partial charge in [-0.05, 0) is 18.6 Å². The van der Waals surface area contributed by atoms with Gasteiger partial charge in [-0.1, -0.05) is 24.6 Å². The Balaban J connectivity index is 2.12. The summed E-state index contributed by atoms with van der Waals surface area (Å²) in [5.74, 6) is 2.58. The van der Waals surface area contributed by atoms with E-state index >= 15 is 0 Å². The minimum Gasteiger partial charge on any atom is -0.486 e. The standard InChI is InChI=1S/C14H16N2O3/c1-2-4-10-12(19-16-14(10)15)9-5-3-6-11-13(9)18-8-7-17-11/h3,5-6H,2,4,7-8H2,1H3,(H2,15,16). The first-order valence-electron chi connectivity index (χ1n) is 6.44. The molecule has 0 fully saturated rings. The van der Waals surface area contributed by atoms with Crippen LogP contribution in [0.15, 0.2) is 22.7 Å². The van der Waals surface area contributed by atoms with E-state index < -0.39 is 0 Å². The van der Waals surface area contributed by atoms with E-state index in [-0.39, 0.29) is 0 Å². The molecule has 0 aliphatic carbocycles. The van der Waals surface area contributed by atoms with Crippen molar-refractivity contribution in [1.29, 1.82) is 0 Å². The lowest BCUT2D eigenvalue weighted by Crippen LogP contribution is -2.15. The Morgan fingerprint density at radius 2 is 2.11 bits per heavy atom. The largest absolute Gasteiger partial charge is 0.486 e. The Bertz CT molecular complexity index is 592. The number of nitrogens with zero attached hydrogens (tertiary/aromatic N) is 1. The zero-order valence-electron chi connectivity index (χ0n) is 10.8. The molecule has 100 valence electrons. The van der Waals surface area contributed by atoms with E-state index in [4.69, 9.17) is 19.7 Å². The summed E-state index contributed by atoms with van der Waals surface area (Å²) in [5, 5.41) is 3.87. The maximum Gasteiger partial charge on any atom is 0.176 e. The lowest BCUT2D eigenvalue weighted by Gasteiger charge is -2.20. The van der Waals surface area contributed by atoms with Crippen molar-refractivity contribution in [2.45, 2.75) is 19.8 Å². The van der Waals surface area contributed by atoms with Gasteiger partial charge in [0.1, 0.15) is 13.2 Å². The topological polar surface area (TPSA) is 70.5 Å². The van der Waals surface area contributed by atoms with Crippen LogP contribution in [-0.2, 0) is 6.42 Å². The van der Waals surface area contributed by atoms with Crippen LogP contribution in [-0.4, -0.2) is 18.4 Å². The van der Waals surface area contributed by atoms with Crippen molar-refractivity contribution in [2.24, 2.45) is 0 Å². The second kappa shape index (κ2) is 4.84. The maximum atomic E-state index is 5.86. The third kappa shape index (κ3) is 2.01. The molecule has 1 aromatic carbocycles. The van der Waals surface area contributed by atoms with Crippen LogP contribution in [0.25, 0.3) is 11.3 Å². The number of hydrogen-bond acceptors (Lipinski definition) is 5. The molecule has 2 aromatic rings. The highest BCUT2D eigenvalue weighted by atomic mass is 16.6. The predicted molar refractivity (Wildman–Crippen MR) is 71.3 cm³/mol. The number of hydrogen-bond donors (Lipinski definition) is 1. The first-order chi connectivity index (χ1) is 9.31. The van der Waals surface area contributed by atoms with Crippen LogP contribution in [0.4, 0.5) is 5.82 Å². The molecule has 3 rings (SSSR count). The highest BCUT2D eigenvalue weighted by Crippen LogP contribution is 2.42. The van der Waals surface area contributed by atoms with Crippen LogP contribution in [0, 0.1) is 0 Å². The van der Waals surface area contributed by atoms with Gasteiger partial charge in [0.05, 0.1) is 5.56 Å². The zero-order chi connectivity index (χ0) is 13.2. The molecule has 2 heterocycles. The minimum absolute atomic E-state index is 0.450. The Morgan fingerprint density at radius 3 is 2.95 bits per heavy atom. The third-order valence-corrected chi connectivity index (χ3v) is 3.13. The first-order valence-corrected chi connectivity index (χ1v) is 6.44. The summed E-state index contributed by atoms with van der Waals surface area (Å²) in [6.07, 6.45) is 1.81. The minimum atomic E-state index is 0.450. The van der Waals surface area contributed by atoms with E-state index in [9.17, 15) is 0 Å². The zero-order valence-corrected chi connectivity index (χ0v) is 10.8. The van der Waals surface area contributed by atoms with Crippen LogP contribution in [0.2, 0.25) is 0 Å². The number of benzene rings is 1. The molecule has 1 aromatic heterocycles. The molecule has 0 saturated carbocycles. The van der Waals surface area contributed by atoms with Crippen LogP contribution < -0.4 is 15.2 Å². The van der Waals surface area contributed by atoms with Crippen LogP contribution in [0.1, 0.15) is 18.9 Å². The molecule has 0 unspecified atom stereocenters. The molecular weight excluding hydrogens is 244 g/mol. The van der Waals surface area contributed by atoms with Crippen LogP contribution in [0.5, 0.6) is 11.5 Å². The van der Waals surface area contributed by atoms with Crippen molar-refractivity contribution >= 4 is 5.82 Å². The Hall–Kier alpha value is -2.17. The van der Waals surface area contributed by atoms with Gasteiger partial charge in [0.2, 0.25) is 0 Å². The van der Waals surface area contributed by atoms with E-state index in [1.165, 1.54) is 0 Å². The van der Waals surface area contributed by atoms with E-state index in [1.54, 1.807) is 0 Å². The normalized spacial score (nSPS) is 13.5. The average Bonchev–Trinajstić information content (AvgIpc) is 2.80. The number of para-hydroxylation sites is 1. The second-order valence-electron chi connectivity index (χ2n) is 4.46. The van der Waals surface area contributed by atoms with Crippen LogP contribution in [0.3, 0.4) is 0 Å². The first kappa shape index (κ1) is 11.9. The Morgan fingerprint density at radius 1 is 1.26 bits per heavy atom. The lowest BCUT2D eigenvalue weighted by atomic mass is 10.0. The number of nitrogens with two attached hydrogens (primary N) is 1. The number of ether oxygens (including phenoxy) is 2. The number of aromatic nitrogens is 1. The van der Waals surface area contributed by atoms with Crippen molar-refractivity contribution in [3.05, 3.63) is 23.8 Å². The highest BCUT2D eigenvalue weighted by molar-refractivity contribution is 5.74. The van der Waals surface area contributed by atoms with Gasteiger partial charge < -0.3 is 19.7 Å². The molecule has 0 bridgehead atoms. The molecule has 5 heteroatoms. The predicted octanol–water partition coefficient (Wildman–Crippen LogP) is 2.65. The fraction of sp³-hybridized carbons (Fsp3) is 0.357. The summed E-state index contributed by atoms with van der Waals surface area (Å²) in [4.78, 5) is 0. The van der Waals surface area contributed by atoms with Gasteiger partial charge in [-0.15, -0.1) is 0 Å². The van der Waals surface area contributed by atoms with Crippen molar-refractivity contribution in [1.82, 2.24) is 5.16 Å². The second-order valence-corrected chi connectivity index (χ2v) is 4.46. The van der Waals surface area contributed by atoms with Gasteiger partial charge in [0.15, 0.2) is 23.1 Å². The maximum absolute atomic E-state index is 5.86. The Kier molecular flexibility index (Phi) is 3.03. The van der Waals surface area contributed by atoms with Gasteiger partial charge in [-0.2, -0.15) is 0 Å². The summed E-state index contributed by atoms with van der Waals surface area (Å²) in [5.41, 5.74) is 7.65. The van der Waals surface area contributed by atoms with E-state index in [1.807, 2.05) is 18.2 Å². The Labute approximate surface area is 111 Å². The van der Waals surface area contributed by atoms with Crippen molar-refractivity contribution in [3.63, 3.8) is 0 Å². The molecule has 0 spiro atoms. The smallest absolute Gasteiger partial charge is 0.176 e. The molecule has 0 radical (unpaired) electrons. The molecule has 0 atom stereocenters. The fourth-order valence-electron chi connectivity index (χ4n) is 2.28. The summed E-state index contributed by atoms with van der Waals surface area (Å²) in [6.45, 7) is 3.20. The molecule has 1 aliphatic heterocycles. The van der Waals surface area contributed by atoms with Crippen molar-refractivity contribution in [3.8, 4) is 22.8 Å². The van der Waals surface area contributed by atoms with E-state index in [2.05, 4.69) is 12.1 Å². The number of rotatable bonds is 3. The summed E-state index contributed by atoms with van der Waals surface area (Å²) in [7, 11) is 0.